The summed E-state index contributed by atoms with van der Waals surface area (Å²) in [7, 11) is 0. The number of anilines is 1. The first-order chi connectivity index (χ1) is 6.58. The van der Waals surface area contributed by atoms with Crippen LogP contribution in [0.4, 0.5) is 5.69 Å². The SMILES string of the molecule is NC(=S)NC(=S)Nc1cccc(Cl)c1. The molecule has 0 aliphatic carbocycles. The molecule has 0 aromatic heterocycles. The highest BCUT2D eigenvalue weighted by atomic mass is 35.5. The zero-order valence-corrected chi connectivity index (χ0v) is 9.47. The second-order valence-electron chi connectivity index (χ2n) is 2.45. The van der Waals surface area contributed by atoms with Crippen LogP contribution in [0, 0.1) is 0 Å². The Bertz CT molecular complexity index is 367. The summed E-state index contributed by atoms with van der Waals surface area (Å²) < 4.78 is 0. The van der Waals surface area contributed by atoms with Crippen LogP contribution in [-0.2, 0) is 0 Å². The fourth-order valence-corrected chi connectivity index (χ4v) is 1.43. The van der Waals surface area contributed by atoms with Crippen molar-refractivity contribution in [2.45, 2.75) is 0 Å². The van der Waals surface area contributed by atoms with Crippen LogP contribution in [0.25, 0.3) is 0 Å². The molecule has 0 unspecified atom stereocenters. The number of halogens is 1. The smallest absolute Gasteiger partial charge is 0.177 e. The minimum atomic E-state index is 0.129. The molecule has 3 nitrogen and oxygen atoms in total. The Labute approximate surface area is 97.6 Å². The number of nitrogens with one attached hydrogen (secondary N) is 2. The van der Waals surface area contributed by atoms with E-state index in [0.29, 0.717) is 10.1 Å². The third-order valence-corrected chi connectivity index (χ3v) is 1.86. The fraction of sp³-hybridized carbons (Fsp3) is 0. The molecule has 14 heavy (non-hydrogen) atoms. The molecule has 1 aromatic carbocycles. The van der Waals surface area contributed by atoms with Crippen molar-refractivity contribution in [3.8, 4) is 0 Å². The predicted octanol–water partition coefficient (Wildman–Crippen LogP) is 1.87. The predicted molar refractivity (Wildman–Crippen MR) is 67.6 cm³/mol. The second kappa shape index (κ2) is 5.09. The maximum atomic E-state index is 5.78. The summed E-state index contributed by atoms with van der Waals surface area (Å²) in [5.41, 5.74) is 6.03. The summed E-state index contributed by atoms with van der Waals surface area (Å²) in [5, 5.41) is 6.59. The first kappa shape index (κ1) is 11.2. The van der Waals surface area contributed by atoms with Crippen LogP contribution in [0.2, 0.25) is 5.02 Å². The van der Waals surface area contributed by atoms with Crippen LogP contribution in [0.15, 0.2) is 24.3 Å². The summed E-state index contributed by atoms with van der Waals surface area (Å²) in [6.45, 7) is 0. The van der Waals surface area contributed by atoms with Gasteiger partial charge in [0.1, 0.15) is 0 Å². The number of thiocarbonyl (C=S) groups is 2. The van der Waals surface area contributed by atoms with Crippen molar-refractivity contribution in [3.05, 3.63) is 29.3 Å². The summed E-state index contributed by atoms with van der Waals surface area (Å²) >= 11 is 15.3. The number of rotatable bonds is 1. The van der Waals surface area contributed by atoms with E-state index in [4.69, 9.17) is 29.6 Å². The zero-order valence-electron chi connectivity index (χ0n) is 7.08. The summed E-state index contributed by atoms with van der Waals surface area (Å²) in [6, 6.07) is 7.17. The van der Waals surface area contributed by atoms with Crippen molar-refractivity contribution in [2.24, 2.45) is 5.73 Å². The fourth-order valence-electron chi connectivity index (χ4n) is 0.840. The van der Waals surface area contributed by atoms with E-state index in [2.05, 4.69) is 22.9 Å². The van der Waals surface area contributed by atoms with E-state index < -0.39 is 0 Å². The van der Waals surface area contributed by atoms with Gasteiger partial charge in [-0.2, -0.15) is 0 Å². The monoisotopic (exact) mass is 245 g/mol. The lowest BCUT2D eigenvalue weighted by Gasteiger charge is -2.08. The second-order valence-corrected chi connectivity index (χ2v) is 3.74. The van der Waals surface area contributed by atoms with Gasteiger partial charge in [-0.25, -0.2) is 0 Å². The van der Waals surface area contributed by atoms with Crippen LogP contribution in [0.1, 0.15) is 0 Å². The van der Waals surface area contributed by atoms with Crippen molar-refractivity contribution in [2.75, 3.05) is 5.32 Å². The lowest BCUT2D eigenvalue weighted by molar-refractivity contribution is 1.38. The molecule has 0 saturated carbocycles. The Balaban J connectivity index is 2.60. The van der Waals surface area contributed by atoms with Crippen molar-refractivity contribution < 1.29 is 0 Å². The highest BCUT2D eigenvalue weighted by molar-refractivity contribution is 7.82. The molecule has 0 saturated heterocycles. The molecule has 0 amide bonds. The van der Waals surface area contributed by atoms with Gasteiger partial charge in [0, 0.05) is 10.7 Å². The van der Waals surface area contributed by atoms with Crippen molar-refractivity contribution >= 4 is 51.9 Å². The standard InChI is InChI=1S/C8H8ClN3S2/c9-5-2-1-3-6(4-5)11-8(14)12-7(10)13/h1-4H,(H4,10,11,12,13,14). The molecule has 6 heteroatoms. The molecule has 1 rings (SSSR count). The Morgan fingerprint density at radius 2 is 2.07 bits per heavy atom. The molecule has 0 aliphatic heterocycles. The molecule has 1 aromatic rings. The van der Waals surface area contributed by atoms with Crippen LogP contribution in [0.5, 0.6) is 0 Å². The molecule has 0 spiro atoms. The number of benzene rings is 1. The van der Waals surface area contributed by atoms with E-state index in [9.17, 15) is 0 Å². The Hall–Kier alpha value is -0.910. The van der Waals surface area contributed by atoms with E-state index in [-0.39, 0.29) is 5.11 Å². The lowest BCUT2D eigenvalue weighted by atomic mass is 10.3. The van der Waals surface area contributed by atoms with Crippen LogP contribution >= 0.6 is 36.0 Å². The lowest BCUT2D eigenvalue weighted by Crippen LogP contribution is -2.37. The minimum Gasteiger partial charge on any atom is -0.376 e. The summed E-state index contributed by atoms with van der Waals surface area (Å²) in [6.07, 6.45) is 0. The maximum absolute atomic E-state index is 5.78. The van der Waals surface area contributed by atoms with Gasteiger partial charge < -0.3 is 16.4 Å². The molecular formula is C8H8ClN3S2. The highest BCUT2D eigenvalue weighted by Crippen LogP contribution is 2.14. The molecule has 0 radical (unpaired) electrons. The molecule has 0 atom stereocenters. The van der Waals surface area contributed by atoms with Crippen molar-refractivity contribution in [1.82, 2.24) is 5.32 Å². The first-order valence-corrected chi connectivity index (χ1v) is 4.90. The molecule has 0 heterocycles. The van der Waals surface area contributed by atoms with Gasteiger partial charge in [0.05, 0.1) is 0 Å². The Morgan fingerprint density at radius 1 is 1.36 bits per heavy atom. The molecule has 74 valence electrons. The van der Waals surface area contributed by atoms with E-state index >= 15 is 0 Å². The van der Waals surface area contributed by atoms with Gasteiger partial charge in [0.15, 0.2) is 10.2 Å². The van der Waals surface area contributed by atoms with Gasteiger partial charge >= 0.3 is 0 Å². The molecule has 0 fully saturated rings. The Kier molecular flexibility index (Phi) is 4.06. The normalized spacial score (nSPS) is 9.21. The van der Waals surface area contributed by atoms with E-state index in [0.717, 1.165) is 5.69 Å². The largest absolute Gasteiger partial charge is 0.376 e. The topological polar surface area (TPSA) is 50.1 Å². The number of hydrogen-bond donors (Lipinski definition) is 3. The summed E-state index contributed by atoms with van der Waals surface area (Å²) in [4.78, 5) is 0. The van der Waals surface area contributed by atoms with Gasteiger partial charge in [-0.1, -0.05) is 17.7 Å². The van der Waals surface area contributed by atoms with Crippen LogP contribution < -0.4 is 16.4 Å². The average Bonchev–Trinajstić information content (AvgIpc) is 2.01. The van der Waals surface area contributed by atoms with Crippen LogP contribution in [0.3, 0.4) is 0 Å². The highest BCUT2D eigenvalue weighted by Gasteiger charge is 1.98. The zero-order chi connectivity index (χ0) is 10.6. The maximum Gasteiger partial charge on any atom is 0.177 e. The van der Waals surface area contributed by atoms with Gasteiger partial charge in [-0.15, -0.1) is 0 Å². The average molecular weight is 246 g/mol. The first-order valence-electron chi connectivity index (χ1n) is 3.71. The molecule has 0 bridgehead atoms. The Morgan fingerprint density at radius 3 is 2.64 bits per heavy atom. The van der Waals surface area contributed by atoms with Crippen molar-refractivity contribution in [1.29, 1.82) is 0 Å². The minimum absolute atomic E-state index is 0.129. The third kappa shape index (κ3) is 3.87. The number of nitrogens with two attached hydrogens (primary N) is 1. The van der Waals surface area contributed by atoms with Gasteiger partial charge in [-0.3, -0.25) is 0 Å². The molecule has 4 N–H and O–H groups in total. The quantitative estimate of drug-likeness (QED) is 0.660. The molecule has 0 aliphatic rings. The van der Waals surface area contributed by atoms with Crippen LogP contribution in [-0.4, -0.2) is 10.2 Å². The third-order valence-electron chi connectivity index (χ3n) is 1.32. The van der Waals surface area contributed by atoms with E-state index in [1.807, 2.05) is 12.1 Å². The van der Waals surface area contributed by atoms with Gasteiger partial charge in [-0.05, 0) is 42.6 Å². The van der Waals surface area contributed by atoms with Gasteiger partial charge in [0.25, 0.3) is 0 Å². The van der Waals surface area contributed by atoms with Crippen molar-refractivity contribution in [3.63, 3.8) is 0 Å². The van der Waals surface area contributed by atoms with E-state index in [1.165, 1.54) is 0 Å². The molecular weight excluding hydrogens is 238 g/mol. The van der Waals surface area contributed by atoms with E-state index in [1.54, 1.807) is 12.1 Å². The van der Waals surface area contributed by atoms with Gasteiger partial charge in [0.2, 0.25) is 0 Å². The number of hydrogen-bond acceptors (Lipinski definition) is 2. The summed E-state index contributed by atoms with van der Waals surface area (Å²) in [5.74, 6) is 0.